The molecule has 1 aliphatic heterocycles. The second-order valence-corrected chi connectivity index (χ2v) is 2.92. The Morgan fingerprint density at radius 2 is 2.09 bits per heavy atom. The Kier molecular flexibility index (Phi) is 2.78. The van der Waals surface area contributed by atoms with Crippen LogP contribution in [0, 0.1) is 0 Å². The van der Waals surface area contributed by atoms with Gasteiger partial charge in [-0.25, -0.2) is 8.78 Å². The smallest absolute Gasteiger partial charge is 0.274 e. The summed E-state index contributed by atoms with van der Waals surface area (Å²) in [5.41, 5.74) is 0. The van der Waals surface area contributed by atoms with Gasteiger partial charge in [0.25, 0.3) is 5.92 Å². The summed E-state index contributed by atoms with van der Waals surface area (Å²) in [6.07, 6.45) is -0.880. The molecule has 1 unspecified atom stereocenters. The molecule has 1 saturated heterocycles. The van der Waals surface area contributed by atoms with E-state index in [9.17, 15) is 8.78 Å². The van der Waals surface area contributed by atoms with Crippen molar-refractivity contribution in [2.24, 2.45) is 0 Å². The quantitative estimate of drug-likeness (QED) is 0.555. The summed E-state index contributed by atoms with van der Waals surface area (Å²) >= 11 is 0. The monoisotopic (exact) mass is 165 g/mol. The number of aliphatic hydroxyl groups is 1. The maximum absolute atomic E-state index is 12.7. The molecule has 2 nitrogen and oxygen atoms in total. The number of hydrogen-bond donors (Lipinski definition) is 2. The zero-order chi connectivity index (χ0) is 8.32. The van der Waals surface area contributed by atoms with E-state index in [2.05, 4.69) is 5.32 Å². The maximum Gasteiger partial charge on any atom is 0.274 e. The highest BCUT2D eigenvalue weighted by molar-refractivity contribution is 4.79. The molecule has 0 saturated carbocycles. The van der Waals surface area contributed by atoms with Gasteiger partial charge in [0.2, 0.25) is 0 Å². The zero-order valence-corrected chi connectivity index (χ0v) is 6.32. The Morgan fingerprint density at radius 1 is 1.36 bits per heavy atom. The fourth-order valence-electron chi connectivity index (χ4n) is 1.18. The van der Waals surface area contributed by atoms with E-state index in [0.717, 1.165) is 6.54 Å². The van der Waals surface area contributed by atoms with Crippen molar-refractivity contribution in [3.63, 3.8) is 0 Å². The Bertz CT molecular complexity index is 130. The van der Waals surface area contributed by atoms with E-state index in [-0.39, 0.29) is 12.8 Å². The van der Waals surface area contributed by atoms with E-state index < -0.39 is 12.0 Å². The molecule has 1 atom stereocenters. The van der Waals surface area contributed by atoms with Crippen LogP contribution in [0.1, 0.15) is 19.3 Å². The first-order valence-electron chi connectivity index (χ1n) is 3.89. The van der Waals surface area contributed by atoms with Crippen LogP contribution in [0.5, 0.6) is 0 Å². The molecule has 0 bridgehead atoms. The zero-order valence-electron chi connectivity index (χ0n) is 6.32. The predicted molar refractivity (Wildman–Crippen MR) is 37.7 cm³/mol. The minimum Gasteiger partial charge on any atom is -0.387 e. The van der Waals surface area contributed by atoms with Gasteiger partial charge in [0.05, 0.1) is 0 Å². The lowest BCUT2D eigenvalue weighted by Gasteiger charge is -2.25. The van der Waals surface area contributed by atoms with Crippen molar-refractivity contribution >= 4 is 0 Å². The second kappa shape index (κ2) is 3.45. The fraction of sp³-hybridized carbons (Fsp3) is 1.00. The molecule has 1 rings (SSSR count). The third-order valence-electron chi connectivity index (χ3n) is 1.95. The SMILES string of the molecule is OC1CCCNCCC1(F)F. The van der Waals surface area contributed by atoms with Gasteiger partial charge in [-0.15, -0.1) is 0 Å². The van der Waals surface area contributed by atoms with Crippen molar-refractivity contribution in [2.75, 3.05) is 13.1 Å². The molecular weight excluding hydrogens is 152 g/mol. The molecule has 1 fully saturated rings. The number of aliphatic hydroxyl groups excluding tert-OH is 1. The summed E-state index contributed by atoms with van der Waals surface area (Å²) < 4.78 is 25.5. The number of rotatable bonds is 0. The van der Waals surface area contributed by atoms with E-state index in [1.54, 1.807) is 0 Å². The lowest BCUT2D eigenvalue weighted by Crippen LogP contribution is -2.39. The predicted octanol–water partition coefficient (Wildman–Crippen LogP) is 0.756. The molecule has 1 aliphatic rings. The normalized spacial score (nSPS) is 32.5. The van der Waals surface area contributed by atoms with Crippen LogP contribution in [0.4, 0.5) is 8.78 Å². The molecule has 4 heteroatoms. The Labute approximate surface area is 64.6 Å². The highest BCUT2D eigenvalue weighted by Crippen LogP contribution is 2.26. The molecule has 0 radical (unpaired) electrons. The third-order valence-corrected chi connectivity index (χ3v) is 1.95. The first kappa shape index (κ1) is 8.87. The van der Waals surface area contributed by atoms with Crippen LogP contribution in [0.25, 0.3) is 0 Å². The first-order valence-corrected chi connectivity index (χ1v) is 3.89. The van der Waals surface area contributed by atoms with E-state index in [4.69, 9.17) is 5.11 Å². The highest BCUT2D eigenvalue weighted by Gasteiger charge is 2.37. The lowest BCUT2D eigenvalue weighted by molar-refractivity contribution is -0.118. The van der Waals surface area contributed by atoms with Crippen LogP contribution >= 0.6 is 0 Å². The summed E-state index contributed by atoms with van der Waals surface area (Å²) in [5, 5.41) is 11.8. The Morgan fingerprint density at radius 3 is 2.82 bits per heavy atom. The highest BCUT2D eigenvalue weighted by atomic mass is 19.3. The molecule has 0 amide bonds. The molecule has 11 heavy (non-hydrogen) atoms. The third kappa shape index (κ3) is 2.38. The number of alkyl halides is 2. The minimum atomic E-state index is -2.90. The van der Waals surface area contributed by atoms with Crippen molar-refractivity contribution in [1.82, 2.24) is 5.32 Å². The lowest BCUT2D eigenvalue weighted by atomic mass is 10.0. The van der Waals surface area contributed by atoms with Gasteiger partial charge in [0, 0.05) is 13.0 Å². The standard InChI is InChI=1S/C7H13F2NO/c8-7(9)3-5-10-4-1-2-6(7)11/h6,10-11H,1-5H2. The van der Waals surface area contributed by atoms with Gasteiger partial charge < -0.3 is 10.4 Å². The Balaban J connectivity index is 2.47. The van der Waals surface area contributed by atoms with Crippen molar-refractivity contribution in [3.8, 4) is 0 Å². The Hall–Kier alpha value is -0.220. The first-order chi connectivity index (χ1) is 5.13. The van der Waals surface area contributed by atoms with Gasteiger partial charge in [-0.3, -0.25) is 0 Å². The molecule has 0 aliphatic carbocycles. The summed E-state index contributed by atoms with van der Waals surface area (Å²) in [6.45, 7) is 1.02. The van der Waals surface area contributed by atoms with Crippen molar-refractivity contribution in [3.05, 3.63) is 0 Å². The summed E-state index contributed by atoms with van der Waals surface area (Å²) in [6, 6.07) is 0. The summed E-state index contributed by atoms with van der Waals surface area (Å²) in [5.74, 6) is -2.90. The van der Waals surface area contributed by atoms with Crippen molar-refractivity contribution < 1.29 is 13.9 Å². The fourth-order valence-corrected chi connectivity index (χ4v) is 1.18. The number of hydrogen-bond acceptors (Lipinski definition) is 2. The summed E-state index contributed by atoms with van der Waals surface area (Å²) in [4.78, 5) is 0. The molecule has 1 heterocycles. The molecule has 0 aromatic heterocycles. The molecule has 0 spiro atoms. The van der Waals surface area contributed by atoms with Gasteiger partial charge >= 0.3 is 0 Å². The molecule has 66 valence electrons. The minimum absolute atomic E-state index is 0.194. The van der Waals surface area contributed by atoms with Crippen LogP contribution in [0.2, 0.25) is 0 Å². The van der Waals surface area contributed by atoms with E-state index in [1.807, 2.05) is 0 Å². The van der Waals surface area contributed by atoms with Crippen LogP contribution in [-0.4, -0.2) is 30.2 Å². The van der Waals surface area contributed by atoms with Gasteiger partial charge in [0.15, 0.2) is 0 Å². The summed E-state index contributed by atoms with van der Waals surface area (Å²) in [7, 11) is 0. The van der Waals surface area contributed by atoms with Crippen molar-refractivity contribution in [1.29, 1.82) is 0 Å². The molecule has 2 N–H and O–H groups in total. The number of nitrogens with one attached hydrogen (secondary N) is 1. The largest absolute Gasteiger partial charge is 0.387 e. The van der Waals surface area contributed by atoms with E-state index in [1.165, 1.54) is 0 Å². The molecule has 0 aromatic rings. The van der Waals surface area contributed by atoms with E-state index in [0.29, 0.717) is 13.0 Å². The molecular formula is C7H13F2NO. The van der Waals surface area contributed by atoms with Crippen LogP contribution in [0.3, 0.4) is 0 Å². The van der Waals surface area contributed by atoms with Gasteiger partial charge in [-0.1, -0.05) is 0 Å². The maximum atomic E-state index is 12.7. The van der Waals surface area contributed by atoms with Crippen LogP contribution in [-0.2, 0) is 0 Å². The van der Waals surface area contributed by atoms with Crippen LogP contribution < -0.4 is 5.32 Å². The van der Waals surface area contributed by atoms with Gasteiger partial charge in [-0.05, 0) is 19.4 Å². The average Bonchev–Trinajstić information content (AvgIpc) is 1.93. The van der Waals surface area contributed by atoms with Crippen LogP contribution in [0.15, 0.2) is 0 Å². The topological polar surface area (TPSA) is 32.3 Å². The average molecular weight is 165 g/mol. The van der Waals surface area contributed by atoms with Gasteiger partial charge in [-0.2, -0.15) is 0 Å². The number of halogens is 2. The van der Waals surface area contributed by atoms with Gasteiger partial charge in [0.1, 0.15) is 6.10 Å². The van der Waals surface area contributed by atoms with E-state index >= 15 is 0 Å². The second-order valence-electron chi connectivity index (χ2n) is 2.92. The van der Waals surface area contributed by atoms with Crippen molar-refractivity contribution in [2.45, 2.75) is 31.3 Å². The molecule has 0 aromatic carbocycles.